The molecular formula is C23H29FN4O3. The number of carboxylic acid groups (broad SMARTS) is 1. The van der Waals surface area contributed by atoms with E-state index in [0.29, 0.717) is 18.7 Å². The van der Waals surface area contributed by atoms with Gasteiger partial charge in [-0.15, -0.1) is 0 Å². The number of carbonyl (C=O) groups is 1. The summed E-state index contributed by atoms with van der Waals surface area (Å²) in [4.78, 5) is 13.4. The molecule has 7 nitrogen and oxygen atoms in total. The molecule has 1 aromatic heterocycles. The van der Waals surface area contributed by atoms with E-state index in [1.165, 1.54) is 4.90 Å². The number of alkyl halides is 1. The summed E-state index contributed by atoms with van der Waals surface area (Å²) < 4.78 is 22.6. The van der Waals surface area contributed by atoms with Crippen molar-refractivity contribution in [2.45, 2.75) is 69.8 Å². The third kappa shape index (κ3) is 3.67. The number of anilines is 1. The summed E-state index contributed by atoms with van der Waals surface area (Å²) in [5, 5.41) is 17.3. The Kier molecular flexibility index (Phi) is 5.33. The Hall–Kier alpha value is -2.61. The predicted molar refractivity (Wildman–Crippen MR) is 116 cm³/mol. The molecular weight excluding hydrogens is 399 g/mol. The summed E-state index contributed by atoms with van der Waals surface area (Å²) in [6, 6.07) is 3.46. The van der Waals surface area contributed by atoms with Gasteiger partial charge in [-0.05, 0) is 64.1 Å². The van der Waals surface area contributed by atoms with Gasteiger partial charge in [0, 0.05) is 35.5 Å². The Bertz CT molecular complexity index is 974. The van der Waals surface area contributed by atoms with E-state index >= 15 is 0 Å². The van der Waals surface area contributed by atoms with Crippen LogP contribution in [-0.2, 0) is 6.42 Å². The van der Waals surface area contributed by atoms with Crippen LogP contribution in [0.1, 0.15) is 50.6 Å². The average Bonchev–Trinajstić information content (AvgIpc) is 3.20. The molecule has 2 N–H and O–H groups in total. The highest BCUT2D eigenvalue weighted by Crippen LogP contribution is 2.44. The van der Waals surface area contributed by atoms with E-state index in [2.05, 4.69) is 10.4 Å². The van der Waals surface area contributed by atoms with Crippen molar-refractivity contribution in [3.05, 3.63) is 30.1 Å². The maximum Gasteiger partial charge on any atom is 0.412 e. The van der Waals surface area contributed by atoms with E-state index in [9.17, 15) is 14.3 Å². The lowest BCUT2D eigenvalue weighted by atomic mass is 9.91. The topological polar surface area (TPSA) is 79.6 Å². The van der Waals surface area contributed by atoms with Crippen LogP contribution in [0.3, 0.4) is 0 Å². The number of hydrogen-bond donors (Lipinski definition) is 2. The second-order valence-electron chi connectivity index (χ2n) is 8.94. The molecule has 3 atom stereocenters. The van der Waals surface area contributed by atoms with Gasteiger partial charge in [0.25, 0.3) is 0 Å². The van der Waals surface area contributed by atoms with Gasteiger partial charge in [-0.1, -0.05) is 0 Å². The Morgan fingerprint density at radius 1 is 1.29 bits per heavy atom. The van der Waals surface area contributed by atoms with Crippen molar-refractivity contribution in [2.24, 2.45) is 0 Å². The van der Waals surface area contributed by atoms with Crippen molar-refractivity contribution in [2.75, 3.05) is 18.0 Å². The summed E-state index contributed by atoms with van der Waals surface area (Å²) >= 11 is 0. The molecule has 1 amide bonds. The number of ether oxygens (including phenoxy) is 1. The van der Waals surface area contributed by atoms with Crippen molar-refractivity contribution in [1.29, 1.82) is 0 Å². The molecule has 2 aromatic rings. The lowest BCUT2D eigenvalue weighted by molar-refractivity contribution is 0.119. The zero-order valence-electron chi connectivity index (χ0n) is 17.8. The fraction of sp³-hybridized carbons (Fsp3) is 0.565. The zero-order valence-corrected chi connectivity index (χ0v) is 17.8. The molecule has 1 saturated carbocycles. The van der Waals surface area contributed by atoms with Crippen LogP contribution in [0.4, 0.5) is 14.9 Å². The van der Waals surface area contributed by atoms with E-state index in [-0.39, 0.29) is 18.2 Å². The van der Waals surface area contributed by atoms with Crippen molar-refractivity contribution in [3.8, 4) is 16.9 Å². The molecule has 0 unspecified atom stereocenters. The van der Waals surface area contributed by atoms with Crippen LogP contribution in [0.25, 0.3) is 11.1 Å². The highest BCUT2D eigenvalue weighted by molar-refractivity contribution is 5.91. The predicted octanol–water partition coefficient (Wildman–Crippen LogP) is 4.17. The molecule has 5 rings (SSSR count). The molecule has 1 aliphatic carbocycles. The second-order valence-corrected chi connectivity index (χ2v) is 8.94. The Balaban J connectivity index is 1.55. The number of piperidine rings is 1. The number of rotatable bonds is 4. The van der Waals surface area contributed by atoms with E-state index in [0.717, 1.165) is 61.1 Å². The molecule has 0 spiro atoms. The number of halogens is 1. The van der Waals surface area contributed by atoms with Crippen molar-refractivity contribution >= 4 is 11.8 Å². The molecule has 1 aromatic carbocycles. The SMILES string of the molecule is C[C@H]1CCc2c(ccc(-c3cnn([C@@H]4CCNC[C@@H]4F)c3)c2OC2CCC2)N1C(=O)O. The monoisotopic (exact) mass is 428 g/mol. The molecule has 2 fully saturated rings. The van der Waals surface area contributed by atoms with E-state index in [4.69, 9.17) is 4.74 Å². The lowest BCUT2D eigenvalue weighted by Crippen LogP contribution is -2.41. The molecule has 31 heavy (non-hydrogen) atoms. The summed E-state index contributed by atoms with van der Waals surface area (Å²) in [6.07, 6.45) is 7.32. The zero-order chi connectivity index (χ0) is 21.5. The quantitative estimate of drug-likeness (QED) is 0.764. The minimum absolute atomic E-state index is 0.0726. The molecule has 3 heterocycles. The molecule has 1 saturated heterocycles. The summed E-state index contributed by atoms with van der Waals surface area (Å²) in [7, 11) is 0. The van der Waals surface area contributed by atoms with E-state index in [1.807, 2.05) is 25.3 Å². The van der Waals surface area contributed by atoms with Gasteiger partial charge < -0.3 is 15.2 Å². The Morgan fingerprint density at radius 3 is 2.84 bits per heavy atom. The van der Waals surface area contributed by atoms with Crippen molar-refractivity contribution in [3.63, 3.8) is 0 Å². The van der Waals surface area contributed by atoms with Crippen molar-refractivity contribution < 1.29 is 19.0 Å². The highest BCUT2D eigenvalue weighted by atomic mass is 19.1. The number of aromatic nitrogens is 2. The van der Waals surface area contributed by atoms with Gasteiger partial charge in [-0.2, -0.15) is 5.10 Å². The second kappa shape index (κ2) is 8.15. The smallest absolute Gasteiger partial charge is 0.412 e. The van der Waals surface area contributed by atoms with Crippen LogP contribution in [0.2, 0.25) is 0 Å². The number of nitrogens with zero attached hydrogens (tertiary/aromatic N) is 3. The largest absolute Gasteiger partial charge is 0.489 e. The van der Waals surface area contributed by atoms with Crippen LogP contribution in [0.15, 0.2) is 24.5 Å². The fourth-order valence-electron chi connectivity index (χ4n) is 4.88. The molecule has 3 aliphatic rings. The minimum atomic E-state index is -0.971. The van der Waals surface area contributed by atoms with Gasteiger partial charge in [0.1, 0.15) is 11.9 Å². The maximum atomic E-state index is 14.4. The number of nitrogens with one attached hydrogen (secondary N) is 1. The van der Waals surface area contributed by atoms with Gasteiger partial charge in [0.05, 0.1) is 24.0 Å². The normalized spacial score (nSPS) is 26.3. The van der Waals surface area contributed by atoms with E-state index < -0.39 is 12.3 Å². The van der Waals surface area contributed by atoms with Gasteiger partial charge in [-0.25, -0.2) is 9.18 Å². The minimum Gasteiger partial charge on any atom is -0.489 e. The van der Waals surface area contributed by atoms with Gasteiger partial charge >= 0.3 is 6.09 Å². The van der Waals surface area contributed by atoms with Crippen LogP contribution in [0, 0.1) is 0 Å². The number of hydrogen-bond acceptors (Lipinski definition) is 4. The molecule has 8 heteroatoms. The summed E-state index contributed by atoms with van der Waals surface area (Å²) in [5.74, 6) is 0.766. The standard InChI is InChI=1S/C23H29FN4O3/c1-14-5-6-18-20(28(14)23(29)30)8-7-17(22(18)31-16-3-2-4-16)15-11-26-27(13-15)21-9-10-25-12-19(21)24/h7-8,11,13-14,16,19,21,25H,2-6,9-10,12H2,1H3,(H,29,30)/t14-,19-,21+/m0/s1. The van der Waals surface area contributed by atoms with Crippen LogP contribution >= 0.6 is 0 Å². The van der Waals surface area contributed by atoms with Crippen molar-refractivity contribution in [1.82, 2.24) is 15.1 Å². The Labute approximate surface area is 181 Å². The third-order valence-electron chi connectivity index (χ3n) is 6.92. The molecule has 166 valence electrons. The number of amides is 1. The van der Waals surface area contributed by atoms with E-state index in [1.54, 1.807) is 10.9 Å². The first-order valence-electron chi connectivity index (χ1n) is 11.3. The average molecular weight is 429 g/mol. The van der Waals surface area contributed by atoms with Gasteiger partial charge in [0.2, 0.25) is 0 Å². The van der Waals surface area contributed by atoms with Crippen LogP contribution < -0.4 is 15.0 Å². The number of fused-ring (bicyclic) bond motifs is 1. The maximum absolute atomic E-state index is 14.4. The first-order valence-corrected chi connectivity index (χ1v) is 11.3. The highest BCUT2D eigenvalue weighted by Gasteiger charge is 2.33. The number of benzene rings is 1. The molecule has 0 bridgehead atoms. The van der Waals surface area contributed by atoms with Crippen LogP contribution in [0.5, 0.6) is 5.75 Å². The lowest BCUT2D eigenvalue weighted by Gasteiger charge is -2.36. The van der Waals surface area contributed by atoms with Gasteiger partial charge in [-0.3, -0.25) is 9.58 Å². The fourth-order valence-corrected chi connectivity index (χ4v) is 4.88. The molecule has 0 radical (unpaired) electrons. The van der Waals surface area contributed by atoms with Crippen LogP contribution in [-0.4, -0.2) is 52.4 Å². The molecule has 2 aliphatic heterocycles. The van der Waals surface area contributed by atoms with Gasteiger partial charge in [0.15, 0.2) is 0 Å². The summed E-state index contributed by atoms with van der Waals surface area (Å²) in [6.45, 7) is 3.06. The Morgan fingerprint density at radius 2 is 2.13 bits per heavy atom. The first-order chi connectivity index (χ1) is 15.0. The first kappa shape index (κ1) is 20.3. The summed E-state index contributed by atoms with van der Waals surface area (Å²) in [5.41, 5.74) is 3.44. The third-order valence-corrected chi connectivity index (χ3v) is 6.92.